The molecule has 0 bridgehead atoms. The Balaban J connectivity index is 1.64. The van der Waals surface area contributed by atoms with Gasteiger partial charge in [-0.15, -0.1) is 0 Å². The smallest absolute Gasteiger partial charge is 0.136 e. The fourth-order valence-electron chi connectivity index (χ4n) is 5.43. The van der Waals surface area contributed by atoms with Gasteiger partial charge in [-0.3, -0.25) is 0 Å². The van der Waals surface area contributed by atoms with Crippen molar-refractivity contribution in [3.63, 3.8) is 0 Å². The lowest BCUT2D eigenvalue weighted by Crippen LogP contribution is -1.90. The fourth-order valence-corrected chi connectivity index (χ4v) is 5.43. The summed E-state index contributed by atoms with van der Waals surface area (Å²) in [7, 11) is 0. The second-order valence-corrected chi connectivity index (χ2v) is 9.12. The van der Waals surface area contributed by atoms with Crippen molar-refractivity contribution in [2.24, 2.45) is 0 Å². The normalized spacial score (nSPS) is 14.8. The minimum Gasteiger partial charge on any atom is -0.456 e. The monoisotopic (exact) mass is 478 g/mol. The van der Waals surface area contributed by atoms with Crippen molar-refractivity contribution in [2.75, 3.05) is 0 Å². The first-order valence-electron chi connectivity index (χ1n) is 16.0. The molecular formula is C36H22O. The molecule has 1 heteroatoms. The van der Waals surface area contributed by atoms with E-state index in [0.29, 0.717) is 33.4 Å². The second kappa shape index (κ2) is 7.81. The Morgan fingerprint density at radius 2 is 0.973 bits per heavy atom. The molecule has 0 radical (unpaired) electrons. The zero-order valence-electron chi connectivity index (χ0n) is 27.5. The van der Waals surface area contributed by atoms with Crippen LogP contribution >= 0.6 is 0 Å². The van der Waals surface area contributed by atoms with Crippen LogP contribution in [0.5, 0.6) is 0 Å². The summed E-state index contributed by atoms with van der Waals surface area (Å²) < 4.78 is 77.2. The minimum atomic E-state index is -0.428. The van der Waals surface area contributed by atoms with Crippen molar-refractivity contribution in [3.05, 3.63) is 133 Å². The Labute approximate surface area is 225 Å². The zero-order chi connectivity index (χ0) is 31.3. The molecule has 7 aromatic carbocycles. The van der Waals surface area contributed by atoms with Gasteiger partial charge in [0.2, 0.25) is 0 Å². The van der Waals surface area contributed by atoms with Gasteiger partial charge in [0.25, 0.3) is 0 Å². The van der Waals surface area contributed by atoms with E-state index in [2.05, 4.69) is 0 Å². The second-order valence-electron chi connectivity index (χ2n) is 9.12. The third kappa shape index (κ3) is 3.04. The van der Waals surface area contributed by atoms with Gasteiger partial charge in [0, 0.05) is 10.8 Å². The van der Waals surface area contributed by atoms with Crippen LogP contribution in [0.25, 0.3) is 76.5 Å². The molecule has 0 aliphatic heterocycles. The lowest BCUT2D eigenvalue weighted by molar-refractivity contribution is 0.669. The lowest BCUT2D eigenvalue weighted by Gasteiger charge is -2.18. The SMILES string of the molecule is [2H]c1c([2H])c([2H])c2c(-c3ccc4c(c3)oc3ccccc34)c3c([2H])c([2H])c([2H])c([2H])c3c(-c3ccc4ccccc4c3)c2c1[2H]. The van der Waals surface area contributed by atoms with Crippen molar-refractivity contribution in [3.8, 4) is 22.3 Å². The summed E-state index contributed by atoms with van der Waals surface area (Å²) in [6.07, 6.45) is 0. The number of hydrogen-bond acceptors (Lipinski definition) is 1. The van der Waals surface area contributed by atoms with Crippen LogP contribution in [0.1, 0.15) is 11.0 Å². The van der Waals surface area contributed by atoms with E-state index in [0.717, 1.165) is 21.5 Å². The van der Waals surface area contributed by atoms with Gasteiger partial charge in [-0.2, -0.15) is 0 Å². The van der Waals surface area contributed by atoms with E-state index in [4.69, 9.17) is 15.4 Å². The summed E-state index contributed by atoms with van der Waals surface area (Å²) in [6, 6.07) is 23.6. The highest BCUT2D eigenvalue weighted by Crippen LogP contribution is 2.45. The predicted molar refractivity (Wildman–Crippen MR) is 157 cm³/mol. The summed E-state index contributed by atoms with van der Waals surface area (Å²) in [5.74, 6) is 0. The molecule has 8 rings (SSSR count). The highest BCUT2D eigenvalue weighted by molar-refractivity contribution is 6.22. The Morgan fingerprint density at radius 3 is 1.68 bits per heavy atom. The number of benzene rings is 7. The molecule has 0 amide bonds. The van der Waals surface area contributed by atoms with Crippen LogP contribution in [0.3, 0.4) is 0 Å². The molecular weight excluding hydrogens is 448 g/mol. The maximum Gasteiger partial charge on any atom is 0.136 e. The van der Waals surface area contributed by atoms with Gasteiger partial charge in [-0.05, 0) is 78.8 Å². The van der Waals surface area contributed by atoms with Crippen LogP contribution in [0.15, 0.2) is 138 Å². The summed E-state index contributed by atoms with van der Waals surface area (Å²) in [5, 5.41) is 4.37. The van der Waals surface area contributed by atoms with Crippen LogP contribution in [-0.2, 0) is 0 Å². The van der Waals surface area contributed by atoms with Crippen LogP contribution in [0, 0.1) is 0 Å². The van der Waals surface area contributed by atoms with Gasteiger partial charge in [0.05, 0.1) is 11.0 Å². The largest absolute Gasteiger partial charge is 0.456 e. The van der Waals surface area contributed by atoms with Gasteiger partial charge in [0.15, 0.2) is 0 Å². The van der Waals surface area contributed by atoms with Crippen molar-refractivity contribution in [2.45, 2.75) is 0 Å². The van der Waals surface area contributed by atoms with Gasteiger partial charge in [0.1, 0.15) is 11.2 Å². The molecule has 8 aromatic rings. The van der Waals surface area contributed by atoms with E-state index >= 15 is 0 Å². The van der Waals surface area contributed by atoms with Crippen molar-refractivity contribution < 1.29 is 15.4 Å². The number of furan rings is 1. The fraction of sp³-hybridized carbons (Fsp3) is 0. The molecule has 0 N–H and O–H groups in total. The molecule has 1 nitrogen and oxygen atoms in total. The predicted octanol–water partition coefficient (Wildman–Crippen LogP) is 10.4. The topological polar surface area (TPSA) is 13.1 Å². The summed E-state index contributed by atoms with van der Waals surface area (Å²) in [6.45, 7) is 0. The molecule has 0 spiro atoms. The number of fused-ring (bicyclic) bond motifs is 6. The molecule has 0 unspecified atom stereocenters. The van der Waals surface area contributed by atoms with Gasteiger partial charge in [-0.25, -0.2) is 0 Å². The van der Waals surface area contributed by atoms with E-state index in [1.807, 2.05) is 78.9 Å². The van der Waals surface area contributed by atoms with Crippen LogP contribution in [0.2, 0.25) is 0 Å². The van der Waals surface area contributed by atoms with E-state index in [1.54, 1.807) is 6.07 Å². The maximum atomic E-state index is 9.15. The molecule has 0 aliphatic rings. The van der Waals surface area contributed by atoms with E-state index in [-0.39, 0.29) is 45.7 Å². The minimum absolute atomic E-state index is 0.178. The van der Waals surface area contributed by atoms with Gasteiger partial charge >= 0.3 is 0 Å². The Hall–Kier alpha value is -4.88. The average Bonchev–Trinajstić information content (AvgIpc) is 3.44. The van der Waals surface area contributed by atoms with E-state index in [1.165, 1.54) is 0 Å². The van der Waals surface area contributed by atoms with E-state index in [9.17, 15) is 0 Å². The summed E-state index contributed by atoms with van der Waals surface area (Å²) in [5.41, 5.74) is 2.96. The highest BCUT2D eigenvalue weighted by Gasteiger charge is 2.17. The molecule has 1 aromatic heterocycles. The molecule has 37 heavy (non-hydrogen) atoms. The first-order valence-corrected chi connectivity index (χ1v) is 12.0. The van der Waals surface area contributed by atoms with Crippen LogP contribution in [-0.4, -0.2) is 0 Å². The van der Waals surface area contributed by atoms with Crippen LogP contribution in [0.4, 0.5) is 0 Å². The quantitative estimate of drug-likeness (QED) is 0.225. The number of hydrogen-bond donors (Lipinski definition) is 0. The van der Waals surface area contributed by atoms with Crippen molar-refractivity contribution in [1.29, 1.82) is 0 Å². The third-order valence-electron chi connectivity index (χ3n) is 7.08. The Bertz CT molecular complexity index is 2500. The zero-order valence-corrected chi connectivity index (χ0v) is 19.5. The Morgan fingerprint density at radius 1 is 0.432 bits per heavy atom. The molecule has 0 saturated carbocycles. The molecule has 0 fully saturated rings. The molecule has 0 saturated heterocycles. The maximum absolute atomic E-state index is 9.15. The van der Waals surface area contributed by atoms with Crippen LogP contribution < -0.4 is 0 Å². The lowest BCUT2D eigenvalue weighted by atomic mass is 9.85. The third-order valence-corrected chi connectivity index (χ3v) is 7.08. The van der Waals surface area contributed by atoms with E-state index < -0.39 is 24.2 Å². The van der Waals surface area contributed by atoms with Gasteiger partial charge < -0.3 is 4.42 Å². The standard InChI is InChI=1S/C36H22O/c1-2-10-24-21-25(18-17-23(24)9-1)35-29-12-3-5-14-31(29)36(32-15-6-4-13-30(32)35)26-19-20-28-27-11-7-8-16-33(27)37-34(28)22-26/h1-22H/i3D,4D,5D,6D,12D,13D,14D,15D. The molecule has 0 aliphatic carbocycles. The first-order chi connectivity index (χ1) is 21.7. The van der Waals surface area contributed by atoms with Crippen molar-refractivity contribution in [1.82, 2.24) is 0 Å². The summed E-state index contributed by atoms with van der Waals surface area (Å²) in [4.78, 5) is 0. The van der Waals surface area contributed by atoms with Gasteiger partial charge in [-0.1, -0.05) is 109 Å². The first kappa shape index (κ1) is 14.0. The molecule has 0 atom stereocenters. The van der Waals surface area contributed by atoms with Crippen molar-refractivity contribution >= 4 is 54.3 Å². The average molecular weight is 479 g/mol. The molecule has 1 heterocycles. The summed E-state index contributed by atoms with van der Waals surface area (Å²) >= 11 is 0. The Kier molecular flexibility index (Phi) is 2.96. The molecule has 172 valence electrons. The number of para-hydroxylation sites is 1. The highest BCUT2D eigenvalue weighted by atomic mass is 16.3. The number of rotatable bonds is 2.